The van der Waals surface area contributed by atoms with Gasteiger partial charge in [0, 0.05) is 0 Å². The molecular weight excluding hydrogens is 198 g/mol. The summed E-state index contributed by atoms with van der Waals surface area (Å²) in [5.41, 5.74) is 3.34. The van der Waals surface area contributed by atoms with E-state index in [0.29, 0.717) is 12.2 Å². The summed E-state index contributed by atoms with van der Waals surface area (Å²) >= 11 is 0. The molecule has 0 amide bonds. The van der Waals surface area contributed by atoms with Gasteiger partial charge >= 0.3 is 10.1 Å². The average molecular weight is 207 g/mol. The van der Waals surface area contributed by atoms with Crippen LogP contribution in [0, 0.1) is 0 Å². The Balaban J connectivity index is 3.11. The second-order valence-corrected chi connectivity index (χ2v) is 4.38. The summed E-state index contributed by atoms with van der Waals surface area (Å²) in [6.45, 7) is 0. The Bertz CT molecular complexity index is 350. The Morgan fingerprint density at radius 1 is 1.08 bits per heavy atom. The molecule has 0 radical (unpaired) electrons. The largest absolute Gasteiger partial charge is 0.369 e. The van der Waals surface area contributed by atoms with Gasteiger partial charge in [0.1, 0.15) is 0 Å². The number of hydrogen-bond donors (Lipinski definition) is 4. The van der Waals surface area contributed by atoms with Crippen LogP contribution in [0.15, 0.2) is 24.3 Å². The average Bonchev–Trinajstić information content (AvgIpc) is 1.94. The first-order valence-electron chi connectivity index (χ1n) is 3.28. The van der Waals surface area contributed by atoms with Gasteiger partial charge in [-0.3, -0.25) is 10.3 Å². The predicted molar refractivity (Wildman–Crippen MR) is 43.9 cm³/mol. The number of aliphatic hydroxyl groups is 2. The maximum Gasteiger partial charge on any atom is 0.302 e. The third kappa shape index (κ3) is 1.95. The Hall–Kier alpha value is -0.730. The molecule has 0 atom stereocenters. The van der Waals surface area contributed by atoms with Crippen LogP contribution in [0.5, 0.6) is 0 Å². The molecule has 74 valence electrons. The van der Waals surface area contributed by atoms with Crippen LogP contribution in [0.25, 0.3) is 0 Å². The van der Waals surface area contributed by atoms with Gasteiger partial charge in [-0.2, -0.15) is 8.42 Å². The van der Waals surface area contributed by atoms with Crippen molar-refractivity contribution in [1.29, 1.82) is 0 Å². The second kappa shape index (κ2) is 2.63. The Morgan fingerprint density at radius 2 is 1.46 bits per heavy atom. The first kappa shape index (κ1) is 10.4. The Morgan fingerprint density at radius 3 is 1.77 bits per heavy atom. The van der Waals surface area contributed by atoms with E-state index < -0.39 is 20.8 Å². The summed E-state index contributed by atoms with van der Waals surface area (Å²) in [7, 11) is -4.66. The molecule has 1 aliphatic rings. The van der Waals surface area contributed by atoms with E-state index in [4.69, 9.17) is 15.4 Å². The second-order valence-electron chi connectivity index (χ2n) is 2.78. The molecule has 6 nitrogen and oxygen atoms in total. The van der Waals surface area contributed by atoms with E-state index in [1.807, 2.05) is 0 Å². The minimum absolute atomic E-state index is 0.697. The first-order valence-corrected chi connectivity index (χ1v) is 4.72. The molecule has 0 unspecified atom stereocenters. The molecule has 1 aliphatic carbocycles. The fraction of sp³-hybridized carbons (Fsp3) is 0.333. The van der Waals surface area contributed by atoms with Crippen LogP contribution in [0.1, 0.15) is 0 Å². The van der Waals surface area contributed by atoms with Crippen molar-refractivity contribution in [1.82, 2.24) is 0 Å². The molecular formula is C6H9NO5S. The topological polar surface area (TPSA) is 121 Å². The molecule has 0 fully saturated rings. The lowest BCUT2D eigenvalue weighted by atomic mass is 10.1. The van der Waals surface area contributed by atoms with E-state index in [1.54, 1.807) is 0 Å². The first-order chi connectivity index (χ1) is 5.66. The van der Waals surface area contributed by atoms with Gasteiger partial charge in [-0.15, -0.1) is 0 Å². The van der Waals surface area contributed by atoms with Crippen LogP contribution < -0.4 is 5.73 Å². The van der Waals surface area contributed by atoms with E-state index in [1.165, 1.54) is 0 Å². The lowest BCUT2D eigenvalue weighted by Crippen LogP contribution is -2.43. The van der Waals surface area contributed by atoms with E-state index >= 15 is 0 Å². The summed E-state index contributed by atoms with van der Waals surface area (Å²) in [5.74, 6) is 0. The van der Waals surface area contributed by atoms with Crippen LogP contribution in [-0.4, -0.2) is 33.8 Å². The molecule has 1 rings (SSSR count). The third-order valence-corrected chi connectivity index (χ3v) is 2.69. The lowest BCUT2D eigenvalue weighted by molar-refractivity contribution is 0.135. The van der Waals surface area contributed by atoms with Crippen molar-refractivity contribution in [2.24, 2.45) is 5.73 Å². The van der Waals surface area contributed by atoms with Gasteiger partial charge < -0.3 is 10.2 Å². The van der Waals surface area contributed by atoms with Gasteiger partial charge in [0.15, 0.2) is 5.72 Å². The smallest absolute Gasteiger partial charge is 0.302 e. The van der Waals surface area contributed by atoms with Gasteiger partial charge in [0.25, 0.3) is 0 Å². The quantitative estimate of drug-likeness (QED) is 0.232. The molecule has 0 bridgehead atoms. The summed E-state index contributed by atoms with van der Waals surface area (Å²) in [5, 5.41) is 18.4. The van der Waals surface area contributed by atoms with Gasteiger partial charge in [-0.1, -0.05) is 0 Å². The minimum Gasteiger partial charge on any atom is -0.369 e. The van der Waals surface area contributed by atoms with Crippen molar-refractivity contribution in [3.8, 4) is 0 Å². The van der Waals surface area contributed by atoms with Crippen molar-refractivity contribution in [2.45, 2.75) is 10.7 Å². The van der Waals surface area contributed by atoms with E-state index in [2.05, 4.69) is 0 Å². The Kier molecular flexibility index (Phi) is 2.09. The van der Waals surface area contributed by atoms with Crippen molar-refractivity contribution in [3.05, 3.63) is 24.3 Å². The highest BCUT2D eigenvalue weighted by Crippen LogP contribution is 2.23. The zero-order valence-corrected chi connectivity index (χ0v) is 7.27. The molecule has 0 aromatic rings. The SMILES string of the molecule is NC1(O)C=CC(O)(S(=O)(=O)O)C=C1. The van der Waals surface area contributed by atoms with E-state index in [-0.39, 0.29) is 0 Å². The van der Waals surface area contributed by atoms with Gasteiger partial charge in [0.05, 0.1) is 0 Å². The molecule has 0 saturated carbocycles. The normalized spacial score (nSPS) is 39.4. The highest BCUT2D eigenvalue weighted by Gasteiger charge is 2.39. The molecule has 7 heteroatoms. The van der Waals surface area contributed by atoms with Crippen LogP contribution in [0.4, 0.5) is 0 Å². The molecule has 0 aromatic heterocycles. The molecule has 13 heavy (non-hydrogen) atoms. The zero-order valence-electron chi connectivity index (χ0n) is 6.45. The van der Waals surface area contributed by atoms with Crippen molar-refractivity contribution >= 4 is 10.1 Å². The fourth-order valence-electron chi connectivity index (χ4n) is 0.789. The maximum atomic E-state index is 10.6. The summed E-state index contributed by atoms with van der Waals surface area (Å²) in [6, 6.07) is 0. The van der Waals surface area contributed by atoms with Gasteiger partial charge in [-0.05, 0) is 24.3 Å². The maximum absolute atomic E-state index is 10.6. The molecule has 0 heterocycles. The minimum atomic E-state index is -4.66. The van der Waals surface area contributed by atoms with Gasteiger partial charge in [-0.25, -0.2) is 0 Å². The summed E-state index contributed by atoms with van der Waals surface area (Å²) < 4.78 is 29.8. The summed E-state index contributed by atoms with van der Waals surface area (Å²) in [4.78, 5) is -2.50. The van der Waals surface area contributed by atoms with Crippen LogP contribution in [-0.2, 0) is 10.1 Å². The van der Waals surface area contributed by atoms with Crippen LogP contribution in [0.3, 0.4) is 0 Å². The van der Waals surface area contributed by atoms with Crippen molar-refractivity contribution in [3.63, 3.8) is 0 Å². The molecule has 0 aromatic carbocycles. The highest BCUT2D eigenvalue weighted by molar-refractivity contribution is 7.87. The molecule has 0 aliphatic heterocycles. The highest BCUT2D eigenvalue weighted by atomic mass is 32.2. The van der Waals surface area contributed by atoms with Crippen LogP contribution >= 0.6 is 0 Å². The standard InChI is InChI=1S/C6H9NO5S/c7-5(8)1-3-6(9,4-2-5)13(10,11)12/h1-4,8-9H,7H2,(H,10,11,12). The van der Waals surface area contributed by atoms with Gasteiger partial charge in [0.2, 0.25) is 4.93 Å². The lowest BCUT2D eigenvalue weighted by Gasteiger charge is -2.25. The third-order valence-electron chi connectivity index (χ3n) is 1.59. The number of nitrogens with two attached hydrogens (primary N) is 1. The van der Waals surface area contributed by atoms with Crippen molar-refractivity contribution in [2.75, 3.05) is 0 Å². The molecule has 0 saturated heterocycles. The van der Waals surface area contributed by atoms with Crippen LogP contribution in [0.2, 0.25) is 0 Å². The Labute approximate surface area is 74.7 Å². The van der Waals surface area contributed by atoms with E-state index in [9.17, 15) is 13.5 Å². The number of rotatable bonds is 1. The molecule has 0 spiro atoms. The summed E-state index contributed by atoms with van der Waals surface area (Å²) in [6.07, 6.45) is 3.12. The van der Waals surface area contributed by atoms with E-state index in [0.717, 1.165) is 12.2 Å². The monoisotopic (exact) mass is 207 g/mol. The predicted octanol–water partition coefficient (Wildman–Crippen LogP) is -1.66. The number of hydrogen-bond acceptors (Lipinski definition) is 5. The zero-order chi connectivity index (χ0) is 10.3. The van der Waals surface area contributed by atoms with Crippen molar-refractivity contribution < 1.29 is 23.2 Å². The fourth-order valence-corrected chi connectivity index (χ4v) is 1.27. The molecule has 5 N–H and O–H groups in total.